The molecule has 0 radical (unpaired) electrons. The Bertz CT molecular complexity index is 405. The van der Waals surface area contributed by atoms with Gasteiger partial charge in [0.1, 0.15) is 11.6 Å². The molecule has 0 aliphatic rings. The predicted octanol–water partition coefficient (Wildman–Crippen LogP) is 3.40. The highest BCUT2D eigenvalue weighted by molar-refractivity contribution is 5.93. The third kappa shape index (κ3) is 11.9. The van der Waals surface area contributed by atoms with E-state index in [0.29, 0.717) is 13.2 Å². The minimum atomic E-state index is -0.716. The fraction of sp³-hybridized carbons (Fsp3) is 0.706. The van der Waals surface area contributed by atoms with Crippen LogP contribution < -0.4 is 0 Å². The first-order chi connectivity index (χ1) is 10.8. The topological polar surface area (TPSA) is 94.1 Å². The van der Waals surface area contributed by atoms with E-state index >= 15 is 0 Å². The lowest BCUT2D eigenvalue weighted by Gasteiger charge is -2.04. The lowest BCUT2D eigenvalue weighted by Crippen LogP contribution is -2.07. The molecule has 0 aromatic rings. The molecule has 0 rings (SSSR count). The summed E-state index contributed by atoms with van der Waals surface area (Å²) in [6.45, 7) is 0.594. The average Bonchev–Trinajstić information content (AvgIpc) is 2.53. The number of aliphatic hydroxyl groups excluding tert-OH is 1. The maximum absolute atomic E-state index is 11.4. The normalized spacial score (nSPS) is 10.8. The van der Waals surface area contributed by atoms with E-state index < -0.39 is 5.97 Å². The van der Waals surface area contributed by atoms with Crippen molar-refractivity contribution in [3.8, 4) is 12.1 Å². The molecule has 0 aliphatic heterocycles. The molecule has 1 N–H and O–H groups in total. The third-order valence-corrected chi connectivity index (χ3v) is 3.33. The van der Waals surface area contributed by atoms with Gasteiger partial charge in [0.2, 0.25) is 0 Å². The van der Waals surface area contributed by atoms with Crippen molar-refractivity contribution in [3.05, 3.63) is 11.6 Å². The SMILES string of the molecule is N#C/C=C(/C#N)C(=O)OCCCCCCCCCCCCO. The molecule has 0 atom stereocenters. The highest BCUT2D eigenvalue weighted by atomic mass is 16.5. The molecule has 0 unspecified atom stereocenters. The molecule has 5 nitrogen and oxygen atoms in total. The van der Waals surface area contributed by atoms with Crippen molar-refractivity contribution < 1.29 is 14.6 Å². The highest BCUT2D eigenvalue weighted by Crippen LogP contribution is 2.10. The van der Waals surface area contributed by atoms with Crippen LogP contribution in [0.2, 0.25) is 0 Å². The van der Waals surface area contributed by atoms with E-state index in [9.17, 15) is 4.79 Å². The van der Waals surface area contributed by atoms with Crippen LogP contribution in [0.3, 0.4) is 0 Å². The summed E-state index contributed by atoms with van der Waals surface area (Å²) in [4.78, 5) is 11.4. The van der Waals surface area contributed by atoms with E-state index in [1.54, 1.807) is 12.1 Å². The molecule has 5 heteroatoms. The molecular formula is C17H26N2O3. The van der Waals surface area contributed by atoms with Crippen LogP contribution in [-0.4, -0.2) is 24.3 Å². The van der Waals surface area contributed by atoms with Crippen molar-refractivity contribution in [1.82, 2.24) is 0 Å². The summed E-state index contributed by atoms with van der Waals surface area (Å²) in [6, 6.07) is 3.29. The standard InChI is InChI=1S/C17H26N2O3/c18-12-11-16(15-19)17(21)22-14-10-8-6-4-2-1-3-5-7-9-13-20/h11,20H,1-10,13-14H2/b16-11-. The van der Waals surface area contributed by atoms with E-state index in [4.69, 9.17) is 20.4 Å². The molecule has 0 saturated carbocycles. The Morgan fingerprint density at radius 1 is 0.909 bits per heavy atom. The van der Waals surface area contributed by atoms with Gasteiger partial charge < -0.3 is 9.84 Å². The van der Waals surface area contributed by atoms with Crippen LogP contribution in [0.5, 0.6) is 0 Å². The molecular weight excluding hydrogens is 280 g/mol. The summed E-state index contributed by atoms with van der Waals surface area (Å²) in [5.41, 5.74) is -0.247. The van der Waals surface area contributed by atoms with Crippen LogP contribution in [0.25, 0.3) is 0 Å². The molecule has 0 fully saturated rings. The van der Waals surface area contributed by atoms with E-state index in [0.717, 1.165) is 38.2 Å². The molecule has 0 bridgehead atoms. The van der Waals surface area contributed by atoms with Gasteiger partial charge in [-0.25, -0.2) is 4.79 Å². The van der Waals surface area contributed by atoms with Crippen molar-refractivity contribution in [3.63, 3.8) is 0 Å². The molecule has 0 heterocycles. The second-order valence-electron chi connectivity index (χ2n) is 5.19. The van der Waals surface area contributed by atoms with Gasteiger partial charge >= 0.3 is 5.97 Å². The highest BCUT2D eigenvalue weighted by Gasteiger charge is 2.09. The van der Waals surface area contributed by atoms with Crippen molar-refractivity contribution in [2.45, 2.75) is 64.2 Å². The quantitative estimate of drug-likeness (QED) is 0.243. The summed E-state index contributed by atoms with van der Waals surface area (Å²) in [5.74, 6) is -0.716. The number of carbonyl (C=O) groups excluding carboxylic acids is 1. The van der Waals surface area contributed by atoms with Crippen LogP contribution in [-0.2, 0) is 9.53 Å². The molecule has 0 spiro atoms. The molecule has 0 amide bonds. The third-order valence-electron chi connectivity index (χ3n) is 3.33. The van der Waals surface area contributed by atoms with Gasteiger partial charge in [0, 0.05) is 12.7 Å². The molecule has 0 aromatic heterocycles. The van der Waals surface area contributed by atoms with Crippen LogP contribution in [0.4, 0.5) is 0 Å². The van der Waals surface area contributed by atoms with Crippen LogP contribution in [0.15, 0.2) is 11.6 Å². The second kappa shape index (κ2) is 15.5. The minimum absolute atomic E-state index is 0.247. The van der Waals surface area contributed by atoms with E-state index in [2.05, 4.69) is 0 Å². The maximum atomic E-state index is 11.4. The van der Waals surface area contributed by atoms with E-state index in [1.165, 1.54) is 32.1 Å². The first-order valence-corrected chi connectivity index (χ1v) is 8.04. The Kier molecular flexibility index (Phi) is 14.2. The van der Waals surface area contributed by atoms with Gasteiger partial charge in [-0.05, 0) is 12.8 Å². The van der Waals surface area contributed by atoms with Crippen LogP contribution in [0, 0.1) is 22.7 Å². The van der Waals surface area contributed by atoms with E-state index in [-0.39, 0.29) is 5.57 Å². The lowest BCUT2D eigenvalue weighted by atomic mass is 10.1. The predicted molar refractivity (Wildman–Crippen MR) is 83.5 cm³/mol. The summed E-state index contributed by atoms with van der Waals surface area (Å²) in [7, 11) is 0. The molecule has 0 aliphatic carbocycles. The van der Waals surface area contributed by atoms with Crippen molar-refractivity contribution in [2.75, 3.05) is 13.2 Å². The number of nitriles is 2. The van der Waals surface area contributed by atoms with Crippen molar-refractivity contribution in [1.29, 1.82) is 10.5 Å². The number of ether oxygens (including phenoxy) is 1. The van der Waals surface area contributed by atoms with Gasteiger partial charge in [-0.1, -0.05) is 51.4 Å². The summed E-state index contributed by atoms with van der Waals surface area (Å²) >= 11 is 0. The van der Waals surface area contributed by atoms with Gasteiger partial charge in [-0.2, -0.15) is 10.5 Å². The van der Waals surface area contributed by atoms with Gasteiger partial charge in [0.25, 0.3) is 0 Å². The number of hydrogen-bond donors (Lipinski definition) is 1. The number of rotatable bonds is 13. The average molecular weight is 306 g/mol. The number of nitrogens with zero attached hydrogens (tertiary/aromatic N) is 2. The van der Waals surface area contributed by atoms with Gasteiger partial charge in [0.15, 0.2) is 0 Å². The molecule has 0 aromatic carbocycles. The van der Waals surface area contributed by atoms with Gasteiger partial charge in [-0.15, -0.1) is 0 Å². The van der Waals surface area contributed by atoms with Crippen molar-refractivity contribution in [2.24, 2.45) is 0 Å². The Morgan fingerprint density at radius 3 is 1.86 bits per heavy atom. The molecule has 0 saturated heterocycles. The van der Waals surface area contributed by atoms with Crippen molar-refractivity contribution >= 4 is 5.97 Å². The molecule has 22 heavy (non-hydrogen) atoms. The Morgan fingerprint density at radius 2 is 1.41 bits per heavy atom. The van der Waals surface area contributed by atoms with Gasteiger partial charge in [0.05, 0.1) is 12.7 Å². The summed E-state index contributed by atoms with van der Waals surface area (Å²) in [5, 5.41) is 25.7. The smallest absolute Gasteiger partial charge is 0.349 e. The fourth-order valence-corrected chi connectivity index (χ4v) is 2.07. The van der Waals surface area contributed by atoms with E-state index in [1.807, 2.05) is 0 Å². The lowest BCUT2D eigenvalue weighted by molar-refractivity contribution is -0.138. The second-order valence-corrected chi connectivity index (χ2v) is 5.19. The first kappa shape index (κ1) is 20.1. The Labute approximate surface area is 133 Å². The number of unbranched alkanes of at least 4 members (excludes halogenated alkanes) is 9. The zero-order valence-electron chi connectivity index (χ0n) is 13.2. The zero-order chi connectivity index (χ0) is 16.5. The maximum Gasteiger partial charge on any atom is 0.349 e. The first-order valence-electron chi connectivity index (χ1n) is 8.04. The van der Waals surface area contributed by atoms with Crippen LogP contribution >= 0.6 is 0 Å². The number of esters is 1. The fourth-order valence-electron chi connectivity index (χ4n) is 2.07. The van der Waals surface area contributed by atoms with Gasteiger partial charge in [-0.3, -0.25) is 0 Å². The number of aliphatic hydroxyl groups is 1. The minimum Gasteiger partial charge on any atom is -0.462 e. The largest absolute Gasteiger partial charge is 0.462 e. The summed E-state index contributed by atoms with van der Waals surface area (Å²) in [6.07, 6.45) is 11.9. The Hall–Kier alpha value is -1.85. The molecule has 122 valence electrons. The number of carbonyl (C=O) groups is 1. The Balaban J connectivity index is 3.37. The zero-order valence-corrected chi connectivity index (χ0v) is 13.2. The number of allylic oxidation sites excluding steroid dienone is 1. The summed E-state index contributed by atoms with van der Waals surface area (Å²) < 4.78 is 4.93. The number of hydrogen-bond acceptors (Lipinski definition) is 5. The monoisotopic (exact) mass is 306 g/mol. The van der Waals surface area contributed by atoms with Crippen LogP contribution in [0.1, 0.15) is 64.2 Å².